The molecule has 0 heterocycles. The van der Waals surface area contributed by atoms with Crippen LogP contribution in [0.1, 0.15) is 7.43 Å². The van der Waals surface area contributed by atoms with E-state index in [1.54, 1.807) is 0 Å². The van der Waals surface area contributed by atoms with Crippen LogP contribution in [0.25, 0.3) is 4.72 Å². The number of rotatable bonds is 1. The van der Waals surface area contributed by atoms with Crippen molar-refractivity contribution in [2.24, 2.45) is 0 Å². The molecule has 0 aliphatic heterocycles. The Morgan fingerprint density at radius 3 is 1.00 bits per heavy atom. The van der Waals surface area contributed by atoms with Gasteiger partial charge in [0.1, 0.15) is 9.84 Å². The summed E-state index contributed by atoms with van der Waals surface area (Å²) >= 11 is 0. The minimum atomic E-state index is -3.04. The van der Waals surface area contributed by atoms with Gasteiger partial charge in [-0.1, -0.05) is 7.43 Å². The third kappa shape index (κ3) is 99.2. The number of nitrogens with zero attached hydrogens (tertiary/aromatic N) is 1. The average molecular weight is 307 g/mol. The molecule has 0 rings (SSSR count). The fourth-order valence-electron chi connectivity index (χ4n) is 0. The Morgan fingerprint density at radius 1 is 0.923 bits per heavy atom. The molecule has 0 unspecified atom stereocenters. The molecule has 81 valence electrons. The molecule has 5 nitrogen and oxygen atoms in total. The average Bonchev–Trinajstić information content (AvgIpc) is 1.59. The third-order valence-electron chi connectivity index (χ3n) is 0.332. The molecule has 0 fully saturated rings. The summed E-state index contributed by atoms with van der Waals surface area (Å²) in [4.78, 5) is 0. The summed E-state index contributed by atoms with van der Waals surface area (Å²) in [5.74, 6) is 0. The van der Waals surface area contributed by atoms with Gasteiger partial charge in [-0.2, -0.15) is 7.05 Å². The van der Waals surface area contributed by atoms with Gasteiger partial charge in [-0.05, 0) is 0 Å². The van der Waals surface area contributed by atoms with E-state index in [1.807, 2.05) is 0 Å². The molecular formula is C5H16NO4S2Y-. The van der Waals surface area contributed by atoms with Gasteiger partial charge in [0.25, 0.3) is 0 Å². The Kier molecular flexibility index (Phi) is 17.3. The second-order valence-electron chi connectivity index (χ2n) is 2.06. The van der Waals surface area contributed by atoms with Crippen molar-refractivity contribution in [3.8, 4) is 0 Å². The fourth-order valence-corrected chi connectivity index (χ4v) is 0. The van der Waals surface area contributed by atoms with E-state index in [0.717, 1.165) is 18.8 Å². The van der Waals surface area contributed by atoms with Gasteiger partial charge in [-0.15, -0.1) is 0 Å². The van der Waals surface area contributed by atoms with E-state index >= 15 is 0 Å². The number of hydrogen-bond donors (Lipinski definition) is 0. The van der Waals surface area contributed by atoms with Crippen molar-refractivity contribution in [3.05, 3.63) is 4.72 Å². The summed E-state index contributed by atoms with van der Waals surface area (Å²) < 4.78 is 41.9. The normalized spacial score (nSPS) is 9.85. The molecule has 0 aliphatic rings. The largest absolute Gasteiger partial charge is 0.552 e. The molecule has 0 saturated carbocycles. The first-order valence-corrected chi connectivity index (χ1v) is 6.67. The zero-order valence-corrected chi connectivity index (χ0v) is 11.9. The topological polar surface area (TPSA) is 82.4 Å². The molecule has 0 amide bonds. The van der Waals surface area contributed by atoms with E-state index in [9.17, 15) is 16.8 Å². The van der Waals surface area contributed by atoms with E-state index < -0.39 is 19.9 Å². The van der Waals surface area contributed by atoms with E-state index in [2.05, 4.69) is 4.72 Å². The van der Waals surface area contributed by atoms with Crippen molar-refractivity contribution in [2.75, 3.05) is 25.8 Å². The predicted octanol–water partition coefficient (Wildman–Crippen LogP) is 0.244. The van der Waals surface area contributed by atoms with E-state index in [0.29, 0.717) is 0 Å². The maximum Gasteiger partial charge on any atom is 0.144 e. The molecule has 0 spiro atoms. The summed E-state index contributed by atoms with van der Waals surface area (Å²) in [5, 5.41) is 0. The molecule has 0 aromatic carbocycles. The standard InChI is InChI=1S/C2H6NO2S.C2H6O2S.CH4.Y/c1-3-6(2,4)5;1-5(2,3)4;;/h1-2H3;1-2H3;1H4;/q-1;;;. The minimum absolute atomic E-state index is 0. The van der Waals surface area contributed by atoms with Gasteiger partial charge in [0.2, 0.25) is 0 Å². The molecule has 1 radical (unpaired) electrons. The predicted molar refractivity (Wildman–Crippen MR) is 51.6 cm³/mol. The Balaban J connectivity index is -0.0000000546. The fraction of sp³-hybridized carbons (Fsp3) is 1.00. The summed E-state index contributed by atoms with van der Waals surface area (Å²) in [6.07, 6.45) is 3.37. The zero-order chi connectivity index (χ0) is 9.71. The first kappa shape index (κ1) is 23.6. The van der Waals surface area contributed by atoms with Gasteiger partial charge in [0.05, 0.1) is 10.0 Å². The van der Waals surface area contributed by atoms with E-state index in [1.165, 1.54) is 7.05 Å². The van der Waals surface area contributed by atoms with E-state index in [-0.39, 0.29) is 40.1 Å². The van der Waals surface area contributed by atoms with Crippen molar-refractivity contribution >= 4 is 19.9 Å². The molecule has 13 heavy (non-hydrogen) atoms. The van der Waals surface area contributed by atoms with Crippen LogP contribution in [0.5, 0.6) is 0 Å². The Morgan fingerprint density at radius 2 is 1.00 bits per heavy atom. The van der Waals surface area contributed by atoms with Crippen LogP contribution in [-0.4, -0.2) is 42.7 Å². The van der Waals surface area contributed by atoms with Gasteiger partial charge < -0.3 is 4.72 Å². The van der Waals surface area contributed by atoms with Crippen molar-refractivity contribution in [3.63, 3.8) is 0 Å². The molecule has 8 heteroatoms. The maximum atomic E-state index is 9.83. The van der Waals surface area contributed by atoms with Gasteiger partial charge >= 0.3 is 0 Å². The Labute approximate surface area is 107 Å². The molecule has 0 N–H and O–H groups in total. The first-order chi connectivity index (χ1) is 4.56. The zero-order valence-electron chi connectivity index (χ0n) is 7.47. The third-order valence-corrected chi connectivity index (χ3v) is 0.995. The smallest absolute Gasteiger partial charge is 0.144 e. The number of sulfone groups is 1. The van der Waals surface area contributed by atoms with Crippen LogP contribution in [0.2, 0.25) is 0 Å². The summed E-state index contributed by atoms with van der Waals surface area (Å²) in [5.41, 5.74) is 0. The molecular weight excluding hydrogens is 291 g/mol. The van der Waals surface area contributed by atoms with Crippen LogP contribution in [0.15, 0.2) is 0 Å². The van der Waals surface area contributed by atoms with Crippen LogP contribution < -0.4 is 0 Å². The van der Waals surface area contributed by atoms with Crippen LogP contribution in [0.3, 0.4) is 0 Å². The van der Waals surface area contributed by atoms with Crippen molar-refractivity contribution in [1.29, 1.82) is 0 Å². The van der Waals surface area contributed by atoms with E-state index in [4.69, 9.17) is 0 Å². The van der Waals surface area contributed by atoms with Gasteiger partial charge in [0.15, 0.2) is 0 Å². The first-order valence-electron chi connectivity index (χ1n) is 2.52. The maximum absolute atomic E-state index is 9.83. The SMILES string of the molecule is C.CS(C)(=O)=O.C[N-]S(C)(=O)=O.[Y]. The molecule has 0 aliphatic carbocycles. The summed E-state index contributed by atoms with van der Waals surface area (Å²) in [6.45, 7) is 0. The van der Waals surface area contributed by atoms with Crippen LogP contribution >= 0.6 is 0 Å². The van der Waals surface area contributed by atoms with Crippen molar-refractivity contribution in [2.45, 2.75) is 7.43 Å². The molecule has 0 bridgehead atoms. The second kappa shape index (κ2) is 9.52. The minimum Gasteiger partial charge on any atom is -0.552 e. The van der Waals surface area contributed by atoms with Crippen LogP contribution in [0.4, 0.5) is 0 Å². The van der Waals surface area contributed by atoms with Gasteiger partial charge in [0, 0.05) is 51.5 Å². The summed E-state index contributed by atoms with van der Waals surface area (Å²) in [6, 6.07) is 0. The molecule has 0 atom stereocenters. The quantitative estimate of drug-likeness (QED) is 0.695. The molecule has 0 aromatic rings. The second-order valence-corrected chi connectivity index (χ2v) is 6.18. The monoisotopic (exact) mass is 307 g/mol. The van der Waals surface area contributed by atoms with Crippen molar-refractivity contribution < 1.29 is 49.5 Å². The van der Waals surface area contributed by atoms with Gasteiger partial charge in [-0.3, -0.25) is 0 Å². The molecule has 0 saturated heterocycles. The number of sulfonamides is 1. The van der Waals surface area contributed by atoms with Crippen LogP contribution in [0, 0.1) is 0 Å². The van der Waals surface area contributed by atoms with Crippen LogP contribution in [-0.2, 0) is 52.6 Å². The molecule has 0 aromatic heterocycles. The Bertz CT molecular complexity index is 274. The van der Waals surface area contributed by atoms with Gasteiger partial charge in [-0.25, -0.2) is 16.8 Å². The Hall–Kier alpha value is 0.964. The summed E-state index contributed by atoms with van der Waals surface area (Å²) in [7, 11) is -4.46. The van der Waals surface area contributed by atoms with Crippen molar-refractivity contribution in [1.82, 2.24) is 0 Å². The number of hydrogen-bond acceptors (Lipinski definition) is 4.